The van der Waals surface area contributed by atoms with Crippen molar-refractivity contribution < 1.29 is 19.1 Å². The van der Waals surface area contributed by atoms with Crippen molar-refractivity contribution in [3.05, 3.63) is 105 Å². The van der Waals surface area contributed by atoms with Crippen molar-refractivity contribution in [3.8, 4) is 11.5 Å². The molecule has 0 unspecified atom stereocenters. The van der Waals surface area contributed by atoms with E-state index in [0.717, 1.165) is 10.8 Å². The minimum atomic E-state index is -0.507. The summed E-state index contributed by atoms with van der Waals surface area (Å²) in [7, 11) is 1.47. The normalized spacial score (nSPS) is 10.9. The summed E-state index contributed by atoms with van der Waals surface area (Å²) in [6.07, 6.45) is 1.46. The second-order valence-corrected chi connectivity index (χ2v) is 8.45. The molecule has 0 aliphatic carbocycles. The van der Waals surface area contributed by atoms with E-state index in [9.17, 15) is 9.59 Å². The molecule has 4 rings (SSSR count). The zero-order chi connectivity index (χ0) is 24.1. The van der Waals surface area contributed by atoms with Gasteiger partial charge in [-0.25, -0.2) is 10.2 Å². The van der Waals surface area contributed by atoms with Gasteiger partial charge in [0.25, 0.3) is 5.91 Å². The summed E-state index contributed by atoms with van der Waals surface area (Å²) < 4.78 is 11.6. The first-order chi connectivity index (χ1) is 16.5. The smallest absolute Gasteiger partial charge is 0.344 e. The average Bonchev–Trinajstić information content (AvgIpc) is 2.85. The maximum atomic E-state index is 13.0. The van der Waals surface area contributed by atoms with E-state index in [0.29, 0.717) is 31.9 Å². The molecule has 1 amide bonds. The molecule has 4 aromatic rings. The van der Waals surface area contributed by atoms with Crippen molar-refractivity contribution in [2.75, 3.05) is 7.11 Å². The standard InChI is InChI=1S/C26H18BrClN2O4/c1-33-23-14-16(15-29-30-25(31)18-9-11-19(28)12-10-18)13-22(27)24(23)34-26(32)21-8-4-6-17-5-2-3-7-20(17)21/h2-15H,1H3,(H,30,31)/b29-15-. The fourth-order valence-electron chi connectivity index (χ4n) is 3.30. The Hall–Kier alpha value is -3.68. The molecule has 34 heavy (non-hydrogen) atoms. The number of methoxy groups -OCH3 is 1. The number of halogens is 2. The summed E-state index contributed by atoms with van der Waals surface area (Å²) in [6, 6.07) is 22.9. The van der Waals surface area contributed by atoms with Crippen LogP contribution in [0.25, 0.3) is 10.8 Å². The molecule has 0 heterocycles. The Morgan fingerprint density at radius 2 is 1.74 bits per heavy atom. The number of nitrogens with one attached hydrogen (secondary N) is 1. The Balaban J connectivity index is 1.52. The summed E-state index contributed by atoms with van der Waals surface area (Å²) in [5.41, 5.74) is 3.94. The van der Waals surface area contributed by atoms with Gasteiger partial charge in [-0.15, -0.1) is 0 Å². The quantitative estimate of drug-likeness (QED) is 0.137. The Bertz CT molecular complexity index is 1400. The second-order valence-electron chi connectivity index (χ2n) is 7.16. The van der Waals surface area contributed by atoms with Crippen molar-refractivity contribution >= 4 is 56.4 Å². The predicted octanol–water partition coefficient (Wildman–Crippen LogP) is 6.25. The van der Waals surface area contributed by atoms with Crippen LogP contribution in [-0.4, -0.2) is 25.2 Å². The summed E-state index contributed by atoms with van der Waals surface area (Å²) in [6.45, 7) is 0. The van der Waals surface area contributed by atoms with Crippen LogP contribution in [0, 0.1) is 0 Å². The Kier molecular flexibility index (Phi) is 7.25. The Labute approximate surface area is 209 Å². The van der Waals surface area contributed by atoms with Crippen molar-refractivity contribution in [2.45, 2.75) is 0 Å². The fourth-order valence-corrected chi connectivity index (χ4v) is 3.96. The van der Waals surface area contributed by atoms with Gasteiger partial charge in [0.05, 0.1) is 23.4 Å². The highest BCUT2D eigenvalue weighted by Crippen LogP contribution is 2.37. The fraction of sp³-hybridized carbons (Fsp3) is 0.0385. The van der Waals surface area contributed by atoms with Gasteiger partial charge < -0.3 is 9.47 Å². The van der Waals surface area contributed by atoms with Gasteiger partial charge in [0.1, 0.15) is 0 Å². The number of hydrogen-bond acceptors (Lipinski definition) is 5. The van der Waals surface area contributed by atoms with Crippen LogP contribution in [-0.2, 0) is 0 Å². The Morgan fingerprint density at radius 1 is 1.00 bits per heavy atom. The van der Waals surface area contributed by atoms with Crippen LogP contribution in [0.1, 0.15) is 26.3 Å². The number of rotatable bonds is 6. The van der Waals surface area contributed by atoms with E-state index >= 15 is 0 Å². The molecular formula is C26H18BrClN2O4. The highest BCUT2D eigenvalue weighted by molar-refractivity contribution is 9.10. The summed E-state index contributed by atoms with van der Waals surface area (Å²) in [5, 5.41) is 6.26. The van der Waals surface area contributed by atoms with E-state index in [2.05, 4.69) is 26.5 Å². The second kappa shape index (κ2) is 10.5. The third-order valence-electron chi connectivity index (χ3n) is 4.94. The number of esters is 1. The van der Waals surface area contributed by atoms with Gasteiger partial charge in [-0.05, 0) is 74.7 Å². The van der Waals surface area contributed by atoms with Crippen LogP contribution >= 0.6 is 27.5 Å². The summed E-state index contributed by atoms with van der Waals surface area (Å²) in [4.78, 5) is 25.1. The first kappa shape index (κ1) is 23.5. The van der Waals surface area contributed by atoms with E-state index in [-0.39, 0.29) is 11.7 Å². The predicted molar refractivity (Wildman–Crippen MR) is 136 cm³/mol. The molecule has 0 spiro atoms. The zero-order valence-electron chi connectivity index (χ0n) is 17.9. The number of benzene rings is 4. The molecule has 0 saturated heterocycles. The average molecular weight is 538 g/mol. The first-order valence-corrected chi connectivity index (χ1v) is 11.3. The molecule has 4 aromatic carbocycles. The molecule has 8 heteroatoms. The van der Waals surface area contributed by atoms with Crippen molar-refractivity contribution in [3.63, 3.8) is 0 Å². The SMILES string of the molecule is COc1cc(/C=N\NC(=O)c2ccc(Cl)cc2)cc(Br)c1OC(=O)c1cccc2ccccc12. The zero-order valence-corrected chi connectivity index (χ0v) is 20.3. The molecule has 1 N–H and O–H groups in total. The number of hydrogen-bond donors (Lipinski definition) is 1. The molecule has 0 aromatic heterocycles. The molecule has 0 radical (unpaired) electrons. The number of fused-ring (bicyclic) bond motifs is 1. The van der Waals surface area contributed by atoms with Crippen LogP contribution in [0.4, 0.5) is 0 Å². The molecule has 0 aliphatic heterocycles. The van der Waals surface area contributed by atoms with Crippen LogP contribution in [0.2, 0.25) is 5.02 Å². The molecule has 0 bridgehead atoms. The topological polar surface area (TPSA) is 77.0 Å². The number of nitrogens with zero attached hydrogens (tertiary/aromatic N) is 1. The Morgan fingerprint density at radius 3 is 2.50 bits per heavy atom. The van der Waals surface area contributed by atoms with E-state index in [1.165, 1.54) is 13.3 Å². The molecule has 170 valence electrons. The minimum Gasteiger partial charge on any atom is -0.493 e. The first-order valence-electron chi connectivity index (χ1n) is 10.1. The van der Waals surface area contributed by atoms with E-state index < -0.39 is 5.97 Å². The van der Waals surface area contributed by atoms with Crippen LogP contribution in [0.15, 0.2) is 88.4 Å². The third kappa shape index (κ3) is 5.27. The molecule has 0 atom stereocenters. The lowest BCUT2D eigenvalue weighted by atomic mass is 10.0. The lowest BCUT2D eigenvalue weighted by molar-refractivity contribution is 0.0730. The molecule has 0 saturated carbocycles. The molecule has 0 aliphatic rings. The van der Waals surface area contributed by atoms with Gasteiger partial charge in [-0.1, -0.05) is 48.0 Å². The van der Waals surface area contributed by atoms with Crippen molar-refractivity contribution in [2.24, 2.45) is 5.10 Å². The van der Waals surface area contributed by atoms with Gasteiger partial charge in [0.2, 0.25) is 0 Å². The van der Waals surface area contributed by atoms with Crippen LogP contribution in [0.5, 0.6) is 11.5 Å². The molecular weight excluding hydrogens is 520 g/mol. The van der Waals surface area contributed by atoms with E-state index in [4.69, 9.17) is 21.1 Å². The number of amides is 1. The maximum Gasteiger partial charge on any atom is 0.344 e. The van der Waals surface area contributed by atoms with Crippen molar-refractivity contribution in [1.82, 2.24) is 5.43 Å². The summed E-state index contributed by atoms with van der Waals surface area (Å²) in [5.74, 6) is -0.316. The summed E-state index contributed by atoms with van der Waals surface area (Å²) >= 11 is 9.28. The lowest BCUT2D eigenvalue weighted by Crippen LogP contribution is -2.17. The monoisotopic (exact) mass is 536 g/mol. The highest BCUT2D eigenvalue weighted by Gasteiger charge is 2.18. The van der Waals surface area contributed by atoms with Crippen molar-refractivity contribution in [1.29, 1.82) is 0 Å². The van der Waals surface area contributed by atoms with E-state index in [1.54, 1.807) is 42.5 Å². The van der Waals surface area contributed by atoms with Gasteiger partial charge in [-0.2, -0.15) is 5.10 Å². The van der Waals surface area contributed by atoms with Gasteiger partial charge in [-0.3, -0.25) is 4.79 Å². The molecule has 0 fully saturated rings. The van der Waals surface area contributed by atoms with Gasteiger partial charge in [0.15, 0.2) is 11.5 Å². The van der Waals surface area contributed by atoms with E-state index in [1.807, 2.05) is 36.4 Å². The number of carbonyl (C=O) groups is 2. The minimum absolute atomic E-state index is 0.239. The van der Waals surface area contributed by atoms with Crippen LogP contribution in [0.3, 0.4) is 0 Å². The highest BCUT2D eigenvalue weighted by atomic mass is 79.9. The number of carbonyl (C=O) groups excluding carboxylic acids is 2. The number of hydrazone groups is 1. The van der Waals surface area contributed by atoms with Crippen LogP contribution < -0.4 is 14.9 Å². The number of ether oxygens (including phenoxy) is 2. The largest absolute Gasteiger partial charge is 0.493 e. The molecule has 6 nitrogen and oxygen atoms in total. The van der Waals surface area contributed by atoms with Gasteiger partial charge in [0, 0.05) is 10.6 Å². The third-order valence-corrected chi connectivity index (χ3v) is 5.78. The van der Waals surface area contributed by atoms with Gasteiger partial charge >= 0.3 is 5.97 Å². The lowest BCUT2D eigenvalue weighted by Gasteiger charge is -2.13. The maximum absolute atomic E-state index is 13.0.